The molecule has 20 heteroatoms. The fraction of sp³-hybridized carbons (Fsp3) is 0.765. The number of ether oxygens (including phenoxy) is 6. The molecule has 0 aromatic heterocycles. The lowest BCUT2D eigenvalue weighted by molar-refractivity contribution is -0.157. The van der Waals surface area contributed by atoms with E-state index in [4.69, 9.17) is 38.6 Å². The Balaban J connectivity index is 4.22. The average Bonchev–Trinajstić information content (AvgIpc) is 3.03. The predicted molar refractivity (Wildman–Crippen MR) is 188 cm³/mol. The van der Waals surface area contributed by atoms with Gasteiger partial charge in [-0.15, -0.1) is 0 Å². The summed E-state index contributed by atoms with van der Waals surface area (Å²) in [6.07, 6.45) is -2.46. The van der Waals surface area contributed by atoms with Crippen LogP contribution in [0.15, 0.2) is 0 Å². The van der Waals surface area contributed by atoms with Gasteiger partial charge in [-0.25, -0.2) is 0 Å². The van der Waals surface area contributed by atoms with Crippen LogP contribution in [0.25, 0.3) is 0 Å². The van der Waals surface area contributed by atoms with E-state index in [0.29, 0.717) is 0 Å². The summed E-state index contributed by atoms with van der Waals surface area (Å²) in [5.41, 5.74) is -1.61. The van der Waals surface area contributed by atoms with E-state index in [1.165, 1.54) is 0 Å². The number of carbonyl (C=O) groups excluding carboxylic acids is 6. The molecule has 6 N–H and O–H groups in total. The molecule has 0 saturated heterocycles. The highest BCUT2D eigenvalue weighted by Crippen LogP contribution is 2.11. The number of esters is 2. The van der Waals surface area contributed by atoms with Crippen molar-refractivity contribution in [2.24, 2.45) is 0 Å². The van der Waals surface area contributed by atoms with Crippen molar-refractivity contribution in [2.75, 3.05) is 65.9 Å². The molecule has 310 valence electrons. The van der Waals surface area contributed by atoms with Crippen LogP contribution in [-0.4, -0.2) is 147 Å². The van der Waals surface area contributed by atoms with Crippen molar-refractivity contribution >= 4 is 47.5 Å². The number of hydrogen-bond donors (Lipinski definition) is 6. The van der Waals surface area contributed by atoms with Crippen molar-refractivity contribution in [1.82, 2.24) is 21.3 Å². The van der Waals surface area contributed by atoms with Gasteiger partial charge in [0.15, 0.2) is 0 Å². The van der Waals surface area contributed by atoms with Gasteiger partial charge in [0, 0.05) is 25.9 Å². The Hall–Kier alpha value is -4.40. The number of aliphatic carboxylic acids is 2. The van der Waals surface area contributed by atoms with Gasteiger partial charge < -0.3 is 59.9 Å². The maximum atomic E-state index is 12.6. The summed E-state index contributed by atoms with van der Waals surface area (Å²) in [6.45, 7) is 11.7. The van der Waals surface area contributed by atoms with E-state index < -0.39 is 96.5 Å². The summed E-state index contributed by atoms with van der Waals surface area (Å²) in [7, 11) is 0. The van der Waals surface area contributed by atoms with Crippen LogP contribution in [0, 0.1) is 0 Å². The first kappa shape index (κ1) is 49.6. The Morgan fingerprint density at radius 1 is 0.481 bits per heavy atom. The molecule has 20 nitrogen and oxygen atoms in total. The number of nitrogens with one attached hydrogen (secondary N) is 4. The molecular formula is C34H58N4O16. The standard InChI is InChI=1S/C34H58N4O16/c1-33(2,3)53-29(45)21-23(37-25(39)7-9-27(41)42)31(47)35-11-13-49-15-17-51-19-20-52-18-16-50-14-12-36-32(48)24(22-30(46)54-34(4,5)6)38-26(40)8-10-28(43)44/h23-24H,7-22H2,1-6H3,(H,35,47)(H,36,48)(H,37,39)(H,38,40)(H,41,42)(H,43,44). The van der Waals surface area contributed by atoms with Crippen molar-refractivity contribution in [1.29, 1.82) is 0 Å². The minimum absolute atomic E-state index is 0.0687. The second-order valence-corrected chi connectivity index (χ2v) is 13.6. The Morgan fingerprint density at radius 3 is 1.06 bits per heavy atom. The maximum Gasteiger partial charge on any atom is 0.308 e. The summed E-state index contributed by atoms with van der Waals surface area (Å²) < 4.78 is 32.1. The lowest BCUT2D eigenvalue weighted by atomic mass is 10.1. The molecule has 0 fully saturated rings. The van der Waals surface area contributed by atoms with Crippen LogP contribution < -0.4 is 21.3 Å². The van der Waals surface area contributed by atoms with Crippen LogP contribution in [0.3, 0.4) is 0 Å². The monoisotopic (exact) mass is 778 g/mol. The second kappa shape index (κ2) is 27.2. The molecule has 2 unspecified atom stereocenters. The fourth-order valence-electron chi connectivity index (χ4n) is 3.99. The third kappa shape index (κ3) is 30.1. The molecule has 0 aromatic carbocycles. The summed E-state index contributed by atoms with van der Waals surface area (Å²) in [6, 6.07) is -2.52. The van der Waals surface area contributed by atoms with Crippen molar-refractivity contribution < 1.29 is 77.0 Å². The summed E-state index contributed by atoms with van der Waals surface area (Å²) in [5.74, 6) is -6.48. The van der Waals surface area contributed by atoms with E-state index in [1.807, 2.05) is 0 Å². The van der Waals surface area contributed by atoms with E-state index in [1.54, 1.807) is 41.5 Å². The number of amides is 4. The molecule has 0 radical (unpaired) electrons. The number of carbonyl (C=O) groups is 8. The van der Waals surface area contributed by atoms with Gasteiger partial charge in [-0.2, -0.15) is 0 Å². The van der Waals surface area contributed by atoms with Crippen LogP contribution in [0.2, 0.25) is 0 Å². The zero-order valence-electron chi connectivity index (χ0n) is 32.1. The van der Waals surface area contributed by atoms with Crippen LogP contribution in [0.5, 0.6) is 0 Å². The molecule has 0 aromatic rings. The highest BCUT2D eigenvalue weighted by molar-refractivity contribution is 5.92. The minimum atomic E-state index is -1.26. The minimum Gasteiger partial charge on any atom is -0.481 e. The van der Waals surface area contributed by atoms with Gasteiger partial charge in [0.2, 0.25) is 23.6 Å². The molecule has 0 bridgehead atoms. The molecule has 0 heterocycles. The predicted octanol–water partition coefficient (Wildman–Crippen LogP) is -0.552. The van der Waals surface area contributed by atoms with Gasteiger partial charge in [0.05, 0.1) is 78.5 Å². The van der Waals surface area contributed by atoms with E-state index in [2.05, 4.69) is 21.3 Å². The Kier molecular flexibility index (Phi) is 25.0. The normalized spacial score (nSPS) is 12.5. The van der Waals surface area contributed by atoms with Gasteiger partial charge in [-0.3, -0.25) is 38.4 Å². The lowest BCUT2D eigenvalue weighted by Crippen LogP contribution is -2.49. The molecule has 0 aliphatic heterocycles. The summed E-state index contributed by atoms with van der Waals surface area (Å²) >= 11 is 0. The van der Waals surface area contributed by atoms with Crippen LogP contribution >= 0.6 is 0 Å². The highest BCUT2D eigenvalue weighted by Gasteiger charge is 2.28. The number of rotatable bonds is 29. The third-order valence-electron chi connectivity index (χ3n) is 6.22. The third-order valence-corrected chi connectivity index (χ3v) is 6.22. The molecule has 0 spiro atoms. The quantitative estimate of drug-likeness (QED) is 0.0410. The van der Waals surface area contributed by atoms with Gasteiger partial charge in [0.1, 0.15) is 23.3 Å². The van der Waals surface area contributed by atoms with Gasteiger partial charge >= 0.3 is 23.9 Å². The van der Waals surface area contributed by atoms with Gasteiger partial charge in [-0.1, -0.05) is 0 Å². The van der Waals surface area contributed by atoms with Gasteiger partial charge in [-0.05, 0) is 41.5 Å². The molecule has 0 aliphatic carbocycles. The first-order valence-electron chi connectivity index (χ1n) is 17.5. The molecule has 0 aliphatic rings. The van der Waals surface area contributed by atoms with Crippen molar-refractivity contribution in [3.63, 3.8) is 0 Å². The fourth-order valence-corrected chi connectivity index (χ4v) is 3.99. The second-order valence-electron chi connectivity index (χ2n) is 13.6. The zero-order chi connectivity index (χ0) is 41.2. The molecule has 54 heavy (non-hydrogen) atoms. The number of hydrogen-bond acceptors (Lipinski definition) is 14. The summed E-state index contributed by atoms with van der Waals surface area (Å²) in [4.78, 5) is 95.4. The molecule has 0 rings (SSSR count). The van der Waals surface area contributed by atoms with E-state index in [-0.39, 0.29) is 78.8 Å². The lowest BCUT2D eigenvalue weighted by Gasteiger charge is -2.22. The first-order chi connectivity index (χ1) is 25.2. The number of carboxylic acids is 2. The Bertz CT molecular complexity index is 1120. The topological polar surface area (TPSA) is 281 Å². The van der Waals surface area contributed by atoms with Gasteiger partial charge in [0.25, 0.3) is 0 Å². The Labute approximate surface area is 315 Å². The van der Waals surface area contributed by atoms with E-state index >= 15 is 0 Å². The maximum absolute atomic E-state index is 12.6. The van der Waals surface area contributed by atoms with Crippen LogP contribution in [0.4, 0.5) is 0 Å². The molecule has 0 saturated carbocycles. The van der Waals surface area contributed by atoms with Crippen LogP contribution in [-0.2, 0) is 66.8 Å². The largest absolute Gasteiger partial charge is 0.481 e. The average molecular weight is 779 g/mol. The van der Waals surface area contributed by atoms with E-state index in [0.717, 1.165) is 0 Å². The Morgan fingerprint density at radius 2 is 0.778 bits per heavy atom. The zero-order valence-corrected chi connectivity index (χ0v) is 32.1. The SMILES string of the molecule is CC(C)(C)OC(=O)CC(NC(=O)CCC(=O)O)C(=O)NCCOCCOCCOCCOCCNC(=O)C(CC(=O)OC(C)(C)C)NC(=O)CCC(=O)O. The van der Waals surface area contributed by atoms with Crippen molar-refractivity contribution in [3.05, 3.63) is 0 Å². The van der Waals surface area contributed by atoms with Crippen molar-refractivity contribution in [3.8, 4) is 0 Å². The highest BCUT2D eigenvalue weighted by atomic mass is 16.6. The number of carboxylic acid groups (broad SMARTS) is 2. The smallest absolute Gasteiger partial charge is 0.308 e. The molecule has 4 amide bonds. The molecular weight excluding hydrogens is 720 g/mol. The first-order valence-corrected chi connectivity index (χ1v) is 17.5. The van der Waals surface area contributed by atoms with Crippen molar-refractivity contribution in [2.45, 2.75) is 103 Å². The van der Waals surface area contributed by atoms with E-state index in [9.17, 15) is 38.4 Å². The summed E-state index contributed by atoms with van der Waals surface area (Å²) in [5, 5.41) is 27.4. The van der Waals surface area contributed by atoms with Crippen LogP contribution in [0.1, 0.15) is 80.1 Å². The molecule has 2 atom stereocenters.